The Morgan fingerprint density at radius 2 is 1.76 bits per heavy atom. The van der Waals surface area contributed by atoms with Crippen molar-refractivity contribution < 1.29 is 9.59 Å². The van der Waals surface area contributed by atoms with Crippen molar-refractivity contribution in [3.8, 4) is 0 Å². The first-order chi connectivity index (χ1) is 11.9. The first-order valence-corrected chi connectivity index (χ1v) is 8.70. The van der Waals surface area contributed by atoms with Gasteiger partial charge in [0.2, 0.25) is 11.8 Å². The van der Waals surface area contributed by atoms with Crippen LogP contribution in [-0.2, 0) is 16.1 Å². The smallest absolute Gasteiger partial charge is 0.233 e. The SMILES string of the molecule is CC(C)N(Cc1ccccc1)C(=O)CC(=O)Nc1cc(Cl)ccc1Cl. The van der Waals surface area contributed by atoms with Crippen LogP contribution in [0.1, 0.15) is 25.8 Å². The van der Waals surface area contributed by atoms with E-state index in [4.69, 9.17) is 23.2 Å². The minimum Gasteiger partial charge on any atom is -0.336 e. The van der Waals surface area contributed by atoms with Crippen molar-refractivity contribution in [3.05, 3.63) is 64.1 Å². The zero-order valence-electron chi connectivity index (χ0n) is 14.1. The van der Waals surface area contributed by atoms with Crippen molar-refractivity contribution in [2.45, 2.75) is 32.9 Å². The number of rotatable bonds is 6. The predicted molar refractivity (Wildman–Crippen MR) is 102 cm³/mol. The lowest BCUT2D eigenvalue weighted by molar-refractivity contribution is -0.136. The minimum absolute atomic E-state index is 0.0183. The number of amides is 2. The van der Waals surface area contributed by atoms with E-state index in [1.165, 1.54) is 0 Å². The van der Waals surface area contributed by atoms with E-state index in [9.17, 15) is 9.59 Å². The quantitative estimate of drug-likeness (QED) is 0.736. The number of benzene rings is 2. The highest BCUT2D eigenvalue weighted by molar-refractivity contribution is 6.35. The molecule has 0 saturated carbocycles. The van der Waals surface area contributed by atoms with Gasteiger partial charge in [0.05, 0.1) is 10.7 Å². The fourth-order valence-corrected chi connectivity index (χ4v) is 2.70. The van der Waals surface area contributed by atoms with Crippen molar-refractivity contribution in [2.75, 3.05) is 5.32 Å². The fraction of sp³-hybridized carbons (Fsp3) is 0.263. The highest BCUT2D eigenvalue weighted by Crippen LogP contribution is 2.25. The molecule has 2 aromatic carbocycles. The van der Waals surface area contributed by atoms with Crippen LogP contribution in [0.25, 0.3) is 0 Å². The number of hydrogen-bond acceptors (Lipinski definition) is 2. The number of hydrogen-bond donors (Lipinski definition) is 1. The zero-order valence-corrected chi connectivity index (χ0v) is 15.6. The lowest BCUT2D eigenvalue weighted by Crippen LogP contribution is -2.38. The Bertz CT molecular complexity index is 748. The van der Waals surface area contributed by atoms with E-state index in [1.54, 1.807) is 23.1 Å². The van der Waals surface area contributed by atoms with E-state index in [0.29, 0.717) is 22.3 Å². The van der Waals surface area contributed by atoms with Crippen molar-refractivity contribution >= 4 is 40.7 Å². The van der Waals surface area contributed by atoms with Gasteiger partial charge < -0.3 is 10.2 Å². The molecule has 0 saturated heterocycles. The van der Waals surface area contributed by atoms with E-state index in [0.717, 1.165) is 5.56 Å². The molecule has 0 fully saturated rings. The zero-order chi connectivity index (χ0) is 18.4. The molecule has 0 aromatic heterocycles. The highest BCUT2D eigenvalue weighted by atomic mass is 35.5. The van der Waals surface area contributed by atoms with Gasteiger partial charge in [0, 0.05) is 17.6 Å². The summed E-state index contributed by atoms with van der Waals surface area (Å²) in [5, 5.41) is 3.46. The standard InChI is InChI=1S/C19H20Cl2N2O2/c1-13(2)23(12-14-6-4-3-5-7-14)19(25)11-18(24)22-17-10-15(20)8-9-16(17)21/h3-10,13H,11-12H2,1-2H3,(H,22,24). The van der Waals surface area contributed by atoms with Gasteiger partial charge in [-0.15, -0.1) is 0 Å². The van der Waals surface area contributed by atoms with E-state index in [1.807, 2.05) is 44.2 Å². The summed E-state index contributed by atoms with van der Waals surface area (Å²) < 4.78 is 0. The van der Waals surface area contributed by atoms with Crippen LogP contribution in [0.3, 0.4) is 0 Å². The third kappa shape index (κ3) is 5.76. The molecule has 0 atom stereocenters. The predicted octanol–water partition coefficient (Wildman–Crippen LogP) is 4.76. The molecule has 2 amide bonds. The summed E-state index contributed by atoms with van der Waals surface area (Å²) in [5.74, 6) is -0.664. The fourth-order valence-electron chi connectivity index (χ4n) is 2.37. The van der Waals surface area contributed by atoms with E-state index < -0.39 is 5.91 Å². The molecule has 2 rings (SSSR count). The molecule has 0 bridgehead atoms. The maximum atomic E-state index is 12.5. The molecular weight excluding hydrogens is 359 g/mol. The Kier molecular flexibility index (Phi) is 6.85. The van der Waals surface area contributed by atoms with Crippen LogP contribution in [-0.4, -0.2) is 22.8 Å². The lowest BCUT2D eigenvalue weighted by atomic mass is 10.1. The van der Waals surface area contributed by atoms with Crippen LogP contribution in [0.2, 0.25) is 10.0 Å². The van der Waals surface area contributed by atoms with Crippen LogP contribution >= 0.6 is 23.2 Å². The first-order valence-electron chi connectivity index (χ1n) is 7.95. The van der Waals surface area contributed by atoms with Gasteiger partial charge in [0.15, 0.2) is 0 Å². The average molecular weight is 379 g/mol. The largest absolute Gasteiger partial charge is 0.336 e. The molecule has 0 aliphatic carbocycles. The monoisotopic (exact) mass is 378 g/mol. The van der Waals surface area contributed by atoms with Crippen molar-refractivity contribution in [3.63, 3.8) is 0 Å². The summed E-state index contributed by atoms with van der Waals surface area (Å²) in [4.78, 5) is 26.4. The molecule has 0 aliphatic rings. The molecule has 0 radical (unpaired) electrons. The molecule has 0 unspecified atom stereocenters. The summed E-state index contributed by atoms with van der Waals surface area (Å²) in [7, 11) is 0. The second-order valence-corrected chi connectivity index (χ2v) is 6.79. The molecule has 0 heterocycles. The third-order valence-electron chi connectivity index (χ3n) is 3.65. The van der Waals surface area contributed by atoms with Gasteiger partial charge in [-0.3, -0.25) is 9.59 Å². The Morgan fingerprint density at radius 1 is 1.08 bits per heavy atom. The van der Waals surface area contributed by atoms with Crippen molar-refractivity contribution in [1.82, 2.24) is 4.90 Å². The molecule has 4 nitrogen and oxygen atoms in total. The summed E-state index contributed by atoms with van der Waals surface area (Å²) in [6.07, 6.45) is -0.256. The maximum Gasteiger partial charge on any atom is 0.233 e. The van der Waals surface area contributed by atoms with Crippen molar-refractivity contribution in [2.24, 2.45) is 0 Å². The minimum atomic E-state index is -0.423. The maximum absolute atomic E-state index is 12.5. The number of carbonyl (C=O) groups is 2. The summed E-state index contributed by atoms with van der Waals surface area (Å²) in [5.41, 5.74) is 1.41. The second-order valence-electron chi connectivity index (χ2n) is 5.95. The molecule has 0 aliphatic heterocycles. The number of carbonyl (C=O) groups excluding carboxylic acids is 2. The van der Waals surface area contributed by atoms with Gasteiger partial charge in [0.25, 0.3) is 0 Å². The molecule has 0 spiro atoms. The van der Waals surface area contributed by atoms with Gasteiger partial charge in [-0.05, 0) is 37.6 Å². The van der Waals surface area contributed by atoms with Crippen LogP contribution in [0, 0.1) is 0 Å². The first kappa shape index (κ1) is 19.3. The summed E-state index contributed by atoms with van der Waals surface area (Å²) in [6, 6.07) is 14.4. The van der Waals surface area contributed by atoms with Gasteiger partial charge in [-0.25, -0.2) is 0 Å². The Hall–Kier alpha value is -2.04. The van der Waals surface area contributed by atoms with E-state index in [-0.39, 0.29) is 18.4 Å². The Morgan fingerprint density at radius 3 is 2.40 bits per heavy atom. The molecule has 25 heavy (non-hydrogen) atoms. The number of nitrogens with one attached hydrogen (secondary N) is 1. The van der Waals surface area contributed by atoms with Gasteiger partial charge >= 0.3 is 0 Å². The third-order valence-corrected chi connectivity index (χ3v) is 4.22. The molecule has 1 N–H and O–H groups in total. The topological polar surface area (TPSA) is 49.4 Å². The summed E-state index contributed by atoms with van der Waals surface area (Å²) >= 11 is 11.9. The molecule has 132 valence electrons. The Labute approximate surface area is 157 Å². The number of nitrogens with zero attached hydrogens (tertiary/aromatic N) is 1. The second kappa shape index (κ2) is 8.88. The van der Waals surface area contributed by atoms with Gasteiger partial charge in [0.1, 0.15) is 6.42 Å². The summed E-state index contributed by atoms with van der Waals surface area (Å²) in [6.45, 7) is 4.31. The van der Waals surface area contributed by atoms with Crippen molar-refractivity contribution in [1.29, 1.82) is 0 Å². The average Bonchev–Trinajstić information content (AvgIpc) is 2.56. The highest BCUT2D eigenvalue weighted by Gasteiger charge is 2.20. The van der Waals surface area contributed by atoms with Crippen LogP contribution < -0.4 is 5.32 Å². The lowest BCUT2D eigenvalue weighted by Gasteiger charge is -2.27. The van der Waals surface area contributed by atoms with Gasteiger partial charge in [-0.1, -0.05) is 53.5 Å². The van der Waals surface area contributed by atoms with Crippen LogP contribution in [0.4, 0.5) is 5.69 Å². The molecular formula is C19H20Cl2N2O2. The van der Waals surface area contributed by atoms with E-state index >= 15 is 0 Å². The molecule has 6 heteroatoms. The number of anilines is 1. The van der Waals surface area contributed by atoms with E-state index in [2.05, 4.69) is 5.32 Å². The molecule has 2 aromatic rings. The normalized spacial score (nSPS) is 10.6. The number of halogens is 2. The van der Waals surface area contributed by atoms with Crippen LogP contribution in [0.5, 0.6) is 0 Å². The van der Waals surface area contributed by atoms with Crippen LogP contribution in [0.15, 0.2) is 48.5 Å². The van der Waals surface area contributed by atoms with Gasteiger partial charge in [-0.2, -0.15) is 0 Å². The Balaban J connectivity index is 2.02.